The number of amidine groups is 1. The monoisotopic (exact) mass is 482 g/mol. The lowest BCUT2D eigenvalue weighted by Gasteiger charge is -2.19. The summed E-state index contributed by atoms with van der Waals surface area (Å²) in [5, 5.41) is 9.87. The highest BCUT2D eigenvalue weighted by molar-refractivity contribution is 8.18. The van der Waals surface area contributed by atoms with E-state index in [1.165, 1.54) is 25.8 Å². The number of hydrogen-bond acceptors (Lipinski definition) is 7. The normalized spacial score (nSPS) is 21.3. The number of rotatable bonds is 8. The number of thioether (sulfide) groups is 1. The minimum atomic E-state index is -1.10. The Labute approximate surface area is 202 Å². The molecule has 1 amide bonds. The van der Waals surface area contributed by atoms with Crippen molar-refractivity contribution >= 4 is 40.6 Å². The summed E-state index contributed by atoms with van der Waals surface area (Å²) in [6.07, 6.45) is 2.44. The molecule has 2 heterocycles. The SMILES string of the molecule is COc1cccc(/C=C2\SC(=Nc3ccccc3)N(C[C@H]3CCCO3)C2=O)c1O[C@@H](C)C(=O)O. The van der Waals surface area contributed by atoms with Gasteiger partial charge < -0.3 is 19.3 Å². The lowest BCUT2D eigenvalue weighted by molar-refractivity contribution is -0.144. The van der Waals surface area contributed by atoms with Crippen LogP contribution in [0.15, 0.2) is 58.4 Å². The number of ether oxygens (including phenoxy) is 3. The molecule has 1 N–H and O–H groups in total. The van der Waals surface area contributed by atoms with Gasteiger partial charge in [0.05, 0.1) is 30.4 Å². The van der Waals surface area contributed by atoms with Gasteiger partial charge in [-0.25, -0.2) is 9.79 Å². The highest BCUT2D eigenvalue weighted by atomic mass is 32.2. The van der Waals surface area contributed by atoms with Gasteiger partial charge in [-0.3, -0.25) is 9.69 Å². The van der Waals surface area contributed by atoms with Crippen LogP contribution in [-0.4, -0.2) is 59.5 Å². The fourth-order valence-electron chi connectivity index (χ4n) is 3.66. The molecule has 0 spiro atoms. The van der Waals surface area contributed by atoms with E-state index < -0.39 is 12.1 Å². The molecule has 2 aromatic rings. The van der Waals surface area contributed by atoms with Gasteiger partial charge in [-0.05, 0) is 55.8 Å². The molecule has 2 saturated heterocycles. The van der Waals surface area contributed by atoms with E-state index in [2.05, 4.69) is 0 Å². The standard InChI is InChI=1S/C25H26N2O6S/c1-16(24(29)30)33-22-17(8-6-12-20(22)31-2)14-21-23(28)27(15-19-11-7-13-32-19)25(34-21)26-18-9-4-3-5-10-18/h3-6,8-10,12,14,16,19H,7,11,13,15H2,1-2H3,(H,29,30)/b21-14-,26-25?/t16-,19+/m0/s1. The lowest BCUT2D eigenvalue weighted by Crippen LogP contribution is -2.36. The third kappa shape index (κ3) is 5.43. The van der Waals surface area contributed by atoms with Gasteiger partial charge in [0.15, 0.2) is 22.8 Å². The zero-order valence-corrected chi connectivity index (χ0v) is 19.8. The van der Waals surface area contributed by atoms with Gasteiger partial charge in [-0.2, -0.15) is 0 Å². The summed E-state index contributed by atoms with van der Waals surface area (Å²) in [5.41, 5.74) is 1.29. The van der Waals surface area contributed by atoms with Crippen LogP contribution < -0.4 is 9.47 Å². The van der Waals surface area contributed by atoms with Crippen molar-refractivity contribution in [2.24, 2.45) is 4.99 Å². The lowest BCUT2D eigenvalue weighted by atomic mass is 10.1. The number of carbonyl (C=O) groups excluding carboxylic acids is 1. The summed E-state index contributed by atoms with van der Waals surface area (Å²) < 4.78 is 16.8. The molecule has 0 unspecified atom stereocenters. The van der Waals surface area contributed by atoms with Crippen molar-refractivity contribution in [3.8, 4) is 11.5 Å². The zero-order valence-electron chi connectivity index (χ0n) is 19.0. The molecule has 2 fully saturated rings. The Morgan fingerprint density at radius 1 is 1.29 bits per heavy atom. The first-order valence-electron chi connectivity index (χ1n) is 11.0. The highest BCUT2D eigenvalue weighted by Gasteiger charge is 2.36. The smallest absolute Gasteiger partial charge is 0.344 e. The Morgan fingerprint density at radius 3 is 2.76 bits per heavy atom. The van der Waals surface area contributed by atoms with E-state index in [4.69, 9.17) is 19.2 Å². The minimum Gasteiger partial charge on any atom is -0.493 e. The van der Waals surface area contributed by atoms with Crippen molar-refractivity contribution < 1.29 is 28.9 Å². The van der Waals surface area contributed by atoms with Gasteiger partial charge in [0, 0.05) is 12.2 Å². The number of methoxy groups -OCH3 is 1. The molecule has 2 aliphatic rings. The Morgan fingerprint density at radius 2 is 2.09 bits per heavy atom. The minimum absolute atomic E-state index is 0.0306. The number of aliphatic carboxylic acids is 1. The fraction of sp³-hybridized carbons (Fsp3) is 0.320. The predicted octanol–water partition coefficient (Wildman–Crippen LogP) is 4.33. The van der Waals surface area contributed by atoms with Crippen LogP contribution in [0, 0.1) is 0 Å². The molecule has 0 radical (unpaired) electrons. The first-order valence-corrected chi connectivity index (χ1v) is 11.8. The number of amides is 1. The van der Waals surface area contributed by atoms with E-state index in [0.717, 1.165) is 18.5 Å². The second-order valence-corrected chi connectivity index (χ2v) is 8.88. The van der Waals surface area contributed by atoms with E-state index in [9.17, 15) is 14.7 Å². The fourth-order valence-corrected chi connectivity index (χ4v) is 4.66. The zero-order chi connectivity index (χ0) is 24.1. The number of hydrogen-bond donors (Lipinski definition) is 1. The molecule has 4 rings (SSSR count). The predicted molar refractivity (Wildman–Crippen MR) is 131 cm³/mol. The maximum absolute atomic E-state index is 13.4. The Balaban J connectivity index is 1.70. The first kappa shape index (κ1) is 23.8. The van der Waals surface area contributed by atoms with Crippen molar-refractivity contribution in [1.82, 2.24) is 4.90 Å². The number of nitrogens with zero attached hydrogens (tertiary/aromatic N) is 2. The van der Waals surface area contributed by atoms with Crippen LogP contribution in [0.1, 0.15) is 25.3 Å². The summed E-state index contributed by atoms with van der Waals surface area (Å²) in [5.74, 6) is -0.640. The number of carboxylic acid groups (broad SMARTS) is 1. The summed E-state index contributed by atoms with van der Waals surface area (Å²) in [6, 6.07) is 14.7. The number of carboxylic acids is 1. The van der Waals surface area contributed by atoms with Gasteiger partial charge >= 0.3 is 5.97 Å². The molecule has 2 atom stereocenters. The summed E-state index contributed by atoms with van der Waals surface area (Å²) in [6.45, 7) is 2.56. The molecule has 9 heteroatoms. The van der Waals surface area contributed by atoms with Crippen LogP contribution in [0.3, 0.4) is 0 Å². The van der Waals surface area contributed by atoms with E-state index >= 15 is 0 Å². The van der Waals surface area contributed by atoms with Crippen LogP contribution in [0.4, 0.5) is 5.69 Å². The van der Waals surface area contributed by atoms with Crippen LogP contribution in [0.25, 0.3) is 6.08 Å². The Bertz CT molecular complexity index is 1110. The van der Waals surface area contributed by atoms with Gasteiger partial charge in [0.1, 0.15) is 0 Å². The number of para-hydroxylation sites is 2. The molecule has 0 aliphatic carbocycles. The molecule has 34 heavy (non-hydrogen) atoms. The third-order valence-corrected chi connectivity index (χ3v) is 6.44. The molecule has 8 nitrogen and oxygen atoms in total. The Kier molecular flexibility index (Phi) is 7.54. The topological polar surface area (TPSA) is 97.7 Å². The van der Waals surface area contributed by atoms with Gasteiger partial charge in [0.25, 0.3) is 5.91 Å². The molecule has 0 saturated carbocycles. The number of aliphatic imine (C=N–C) groups is 1. The van der Waals surface area contributed by atoms with Crippen molar-refractivity contribution in [1.29, 1.82) is 0 Å². The molecule has 0 aromatic heterocycles. The van der Waals surface area contributed by atoms with Crippen molar-refractivity contribution in [2.75, 3.05) is 20.3 Å². The summed E-state index contributed by atoms with van der Waals surface area (Å²) >= 11 is 1.27. The second-order valence-electron chi connectivity index (χ2n) is 7.87. The molecule has 0 bridgehead atoms. The van der Waals surface area contributed by atoms with Crippen LogP contribution in [0.2, 0.25) is 0 Å². The first-order chi connectivity index (χ1) is 16.5. The quantitative estimate of drug-likeness (QED) is 0.559. The van der Waals surface area contributed by atoms with Crippen LogP contribution >= 0.6 is 11.8 Å². The van der Waals surface area contributed by atoms with Crippen molar-refractivity contribution in [2.45, 2.75) is 32.0 Å². The van der Waals surface area contributed by atoms with Gasteiger partial charge in [0.2, 0.25) is 0 Å². The van der Waals surface area contributed by atoms with Gasteiger partial charge in [-0.1, -0.05) is 30.3 Å². The van der Waals surface area contributed by atoms with E-state index in [-0.39, 0.29) is 17.8 Å². The van der Waals surface area contributed by atoms with Gasteiger partial charge in [-0.15, -0.1) is 0 Å². The Hall–Kier alpha value is -3.30. The molecular formula is C25H26N2O6S. The number of carbonyl (C=O) groups is 2. The molecule has 2 aromatic carbocycles. The van der Waals surface area contributed by atoms with E-state index in [1.54, 1.807) is 29.2 Å². The van der Waals surface area contributed by atoms with Crippen molar-refractivity contribution in [3.05, 3.63) is 59.0 Å². The van der Waals surface area contributed by atoms with Crippen LogP contribution in [0.5, 0.6) is 11.5 Å². The molecule has 178 valence electrons. The average molecular weight is 483 g/mol. The summed E-state index contributed by atoms with van der Waals surface area (Å²) in [4.78, 5) is 31.6. The number of benzene rings is 2. The molecular weight excluding hydrogens is 456 g/mol. The maximum atomic E-state index is 13.4. The maximum Gasteiger partial charge on any atom is 0.344 e. The largest absolute Gasteiger partial charge is 0.493 e. The third-order valence-electron chi connectivity index (χ3n) is 5.44. The van der Waals surface area contributed by atoms with E-state index in [1.807, 2.05) is 30.3 Å². The molecule has 2 aliphatic heterocycles. The van der Waals surface area contributed by atoms with Crippen LogP contribution in [-0.2, 0) is 14.3 Å². The average Bonchev–Trinajstić information content (AvgIpc) is 3.45. The van der Waals surface area contributed by atoms with Crippen molar-refractivity contribution in [3.63, 3.8) is 0 Å². The second kappa shape index (κ2) is 10.8. The summed E-state index contributed by atoms with van der Waals surface area (Å²) in [7, 11) is 1.48. The highest BCUT2D eigenvalue weighted by Crippen LogP contribution is 2.39. The van der Waals surface area contributed by atoms with E-state index in [0.29, 0.717) is 34.5 Å².